The minimum absolute atomic E-state index is 0.0191. The van der Waals surface area contributed by atoms with Gasteiger partial charge >= 0.3 is 0 Å². The number of carbonyl (C=O) groups is 2. The number of imide groups is 1. The Balaban J connectivity index is 0.000000285. The molecule has 0 saturated heterocycles. The Morgan fingerprint density at radius 2 is 0.865 bits per heavy atom. The summed E-state index contributed by atoms with van der Waals surface area (Å²) in [7, 11) is 0. The number of carbonyl (C=O) groups excluding carboxylic acids is 2. The van der Waals surface area contributed by atoms with Crippen molar-refractivity contribution in [3.63, 3.8) is 0 Å². The van der Waals surface area contributed by atoms with Crippen LogP contribution < -0.4 is 15.2 Å². The third-order valence-electron chi connectivity index (χ3n) is 16.3. The average Bonchev–Trinajstić information content (AvgIpc) is 3.61. The number of amides is 2. The van der Waals surface area contributed by atoms with Gasteiger partial charge in [0.1, 0.15) is 11.5 Å². The maximum atomic E-state index is 12.6. The molecule has 2 atom stereocenters. The van der Waals surface area contributed by atoms with E-state index in [-0.39, 0.29) is 45.7 Å². The fourth-order valence-corrected chi connectivity index (χ4v) is 10.8. The first-order chi connectivity index (χ1) is 35.0. The van der Waals surface area contributed by atoms with Gasteiger partial charge in [-0.1, -0.05) is 142 Å². The van der Waals surface area contributed by atoms with Crippen LogP contribution in [0.1, 0.15) is 197 Å². The molecule has 0 radical (unpaired) electrons. The molecule has 1 aliphatic rings. The van der Waals surface area contributed by atoms with E-state index in [0.717, 1.165) is 74.8 Å². The van der Waals surface area contributed by atoms with Crippen LogP contribution in [0.25, 0.3) is 0 Å². The largest absolute Gasteiger partial charge is 0.493 e. The molecule has 2 amide bonds. The number of rotatable bonds is 23. The number of ether oxygens (including phenoxy) is 2. The van der Waals surface area contributed by atoms with E-state index in [9.17, 15) is 19.8 Å². The van der Waals surface area contributed by atoms with E-state index < -0.39 is 0 Å². The molecule has 5 aromatic rings. The third-order valence-corrected chi connectivity index (χ3v) is 16.3. The standard InChI is InChI=1S/C37H47NO4.C29H45NO2/c1-8-37(9-2,28-17-15-27(25(3)23-28)16-20-33(39)36(5,6)7)29-18-19-32(26(4)24-29)42-22-12-21-38-34(40)30-13-10-11-14-31(30)35(38)41;1-8-29(9-2,25-14-15-26(22(4)20-25)32-18-10-17-30)24-13-11-23(21(3)19-24)12-16-27(31)28(5,6)7/h10-11,13-15,17-19,23-24,33,39H,8-9,12,16,20-22H2,1-7H3;11,13-15,19-20,27,31H,8-10,12,16-18,30H2,1-7H3. The Hall–Kier alpha value is -5.28. The number of hydrogen-bond donors (Lipinski definition) is 3. The number of nitrogens with two attached hydrogens (primary N) is 1. The highest BCUT2D eigenvalue weighted by Gasteiger charge is 2.36. The van der Waals surface area contributed by atoms with Crippen LogP contribution in [0.3, 0.4) is 0 Å². The van der Waals surface area contributed by atoms with E-state index >= 15 is 0 Å². The lowest BCUT2D eigenvalue weighted by atomic mass is 9.69. The van der Waals surface area contributed by atoms with Crippen LogP contribution in [0.2, 0.25) is 0 Å². The molecule has 5 aromatic carbocycles. The summed E-state index contributed by atoms with van der Waals surface area (Å²) >= 11 is 0. The molecule has 4 N–H and O–H groups in total. The van der Waals surface area contributed by atoms with Gasteiger partial charge in [0.25, 0.3) is 11.8 Å². The smallest absolute Gasteiger partial charge is 0.261 e. The van der Waals surface area contributed by atoms with Crippen molar-refractivity contribution < 1.29 is 29.3 Å². The van der Waals surface area contributed by atoms with Crippen LogP contribution in [-0.4, -0.2) is 65.4 Å². The number of aryl methyl sites for hydroxylation is 6. The minimum Gasteiger partial charge on any atom is -0.493 e. The van der Waals surface area contributed by atoms with Crippen molar-refractivity contribution in [3.8, 4) is 11.5 Å². The van der Waals surface area contributed by atoms with Crippen molar-refractivity contribution in [1.82, 2.24) is 4.90 Å². The van der Waals surface area contributed by atoms with Crippen molar-refractivity contribution >= 4 is 11.8 Å². The molecule has 0 aliphatic carbocycles. The second-order valence-electron chi connectivity index (χ2n) is 23.2. The molecular formula is C66H92N2O6. The Bertz CT molecular complexity index is 2610. The van der Waals surface area contributed by atoms with Crippen LogP contribution in [0.15, 0.2) is 97.1 Å². The number of benzene rings is 5. The molecule has 1 heterocycles. The lowest BCUT2D eigenvalue weighted by molar-refractivity contribution is 0.0559. The summed E-state index contributed by atoms with van der Waals surface area (Å²) in [6.45, 7) is 32.3. The van der Waals surface area contributed by atoms with Gasteiger partial charge in [0.2, 0.25) is 0 Å². The SMILES string of the molecule is CCC(CC)(c1ccc(CCC(O)C(C)(C)C)c(C)c1)c1ccc(OCCCN)c(C)c1.CCC(CC)(c1ccc(CCC(O)C(C)(C)C)c(C)c1)c1ccc(OCCCN2C(=O)c3ccccc3C2=O)c(C)c1. The normalized spacial score (nSPS) is 13.9. The molecule has 8 heteroatoms. The first-order valence-corrected chi connectivity index (χ1v) is 27.7. The van der Waals surface area contributed by atoms with Gasteiger partial charge in [0, 0.05) is 17.4 Å². The highest BCUT2D eigenvalue weighted by atomic mass is 16.5. The molecule has 74 heavy (non-hydrogen) atoms. The molecule has 0 bridgehead atoms. The van der Waals surface area contributed by atoms with Crippen LogP contribution >= 0.6 is 0 Å². The summed E-state index contributed by atoms with van der Waals surface area (Å²) < 4.78 is 12.0. The topological polar surface area (TPSA) is 122 Å². The maximum absolute atomic E-state index is 12.6. The van der Waals surface area contributed by atoms with Gasteiger partial charge in [0.15, 0.2) is 0 Å². The number of fused-ring (bicyclic) bond motifs is 1. The van der Waals surface area contributed by atoms with Crippen molar-refractivity contribution in [3.05, 3.63) is 164 Å². The predicted octanol–water partition coefficient (Wildman–Crippen LogP) is 14.3. The molecule has 0 aromatic heterocycles. The molecular weight excluding hydrogens is 917 g/mol. The van der Waals surface area contributed by atoms with Crippen molar-refractivity contribution in [2.45, 2.75) is 184 Å². The minimum atomic E-state index is -0.326. The highest BCUT2D eigenvalue weighted by Crippen LogP contribution is 2.43. The van der Waals surface area contributed by atoms with E-state index in [1.807, 2.05) is 0 Å². The molecule has 6 rings (SSSR count). The summed E-state index contributed by atoms with van der Waals surface area (Å²) in [6.07, 6.45) is 8.18. The molecule has 402 valence electrons. The van der Waals surface area contributed by atoms with E-state index in [0.29, 0.717) is 43.9 Å². The fourth-order valence-electron chi connectivity index (χ4n) is 10.8. The fraction of sp³-hybridized carbons (Fsp3) is 0.515. The third kappa shape index (κ3) is 14.0. The van der Waals surface area contributed by atoms with Gasteiger partial charge < -0.3 is 25.4 Å². The second-order valence-corrected chi connectivity index (χ2v) is 23.2. The predicted molar refractivity (Wildman–Crippen MR) is 306 cm³/mol. The molecule has 1 aliphatic heterocycles. The second kappa shape index (κ2) is 26.0. The zero-order valence-electron chi connectivity index (χ0n) is 47.8. The first kappa shape index (κ1) is 59.6. The molecule has 8 nitrogen and oxygen atoms in total. The van der Waals surface area contributed by atoms with Crippen LogP contribution in [0.5, 0.6) is 11.5 Å². The van der Waals surface area contributed by atoms with Crippen LogP contribution in [-0.2, 0) is 23.7 Å². The van der Waals surface area contributed by atoms with Gasteiger partial charge in [0.05, 0.1) is 36.5 Å². The number of aliphatic hydroxyl groups excluding tert-OH is 2. The van der Waals surface area contributed by atoms with Crippen LogP contribution in [0.4, 0.5) is 0 Å². The van der Waals surface area contributed by atoms with E-state index in [2.05, 4.69) is 170 Å². The number of nitrogens with zero attached hydrogens (tertiary/aromatic N) is 1. The van der Waals surface area contributed by atoms with Gasteiger partial charge in [-0.2, -0.15) is 0 Å². The summed E-state index contributed by atoms with van der Waals surface area (Å²) in [5.74, 6) is 1.33. The summed E-state index contributed by atoms with van der Waals surface area (Å²) in [6, 6.07) is 33.9. The molecule has 2 unspecified atom stereocenters. The van der Waals surface area contributed by atoms with Gasteiger partial charge in [-0.15, -0.1) is 0 Å². The Morgan fingerprint density at radius 3 is 1.19 bits per heavy atom. The highest BCUT2D eigenvalue weighted by molar-refractivity contribution is 6.21. The van der Waals surface area contributed by atoms with E-state index in [1.165, 1.54) is 55.0 Å². The van der Waals surface area contributed by atoms with Crippen molar-refractivity contribution in [1.29, 1.82) is 0 Å². The lowest BCUT2D eigenvalue weighted by Gasteiger charge is -2.34. The van der Waals surface area contributed by atoms with Crippen molar-refractivity contribution in [2.75, 3.05) is 26.3 Å². The van der Waals surface area contributed by atoms with Gasteiger partial charge in [-0.3, -0.25) is 14.5 Å². The van der Waals surface area contributed by atoms with E-state index in [4.69, 9.17) is 15.2 Å². The molecule has 0 spiro atoms. The number of hydrogen-bond acceptors (Lipinski definition) is 7. The van der Waals surface area contributed by atoms with Gasteiger partial charge in [-0.25, -0.2) is 0 Å². The zero-order valence-corrected chi connectivity index (χ0v) is 47.8. The maximum Gasteiger partial charge on any atom is 0.261 e. The lowest BCUT2D eigenvalue weighted by Crippen LogP contribution is -2.31. The summed E-state index contributed by atoms with van der Waals surface area (Å²) in [5, 5.41) is 21.0. The average molecular weight is 1010 g/mol. The monoisotopic (exact) mass is 1010 g/mol. The Kier molecular flexibility index (Phi) is 20.9. The van der Waals surface area contributed by atoms with Crippen LogP contribution in [0, 0.1) is 38.5 Å². The number of aliphatic hydroxyl groups is 2. The van der Waals surface area contributed by atoms with Gasteiger partial charge in [-0.05, 0) is 189 Å². The summed E-state index contributed by atoms with van der Waals surface area (Å²) in [5.41, 5.74) is 19.0. The van der Waals surface area contributed by atoms with Crippen molar-refractivity contribution in [2.24, 2.45) is 16.6 Å². The first-order valence-electron chi connectivity index (χ1n) is 27.7. The Labute approximate surface area is 446 Å². The summed E-state index contributed by atoms with van der Waals surface area (Å²) in [4.78, 5) is 26.6. The zero-order chi connectivity index (χ0) is 54.6. The molecule has 0 fully saturated rings. The quantitative estimate of drug-likeness (QED) is 0.0440. The molecule has 0 saturated carbocycles. The Morgan fingerprint density at radius 1 is 0.514 bits per heavy atom. The van der Waals surface area contributed by atoms with E-state index in [1.54, 1.807) is 24.3 Å².